The number of nitrogen functional groups attached to an aromatic ring is 1. The summed E-state index contributed by atoms with van der Waals surface area (Å²) in [5, 5.41) is 7.41. The van der Waals surface area contributed by atoms with E-state index >= 15 is 0 Å². The second-order valence-corrected chi connectivity index (χ2v) is 5.97. The summed E-state index contributed by atoms with van der Waals surface area (Å²) in [6, 6.07) is 2.84. The van der Waals surface area contributed by atoms with Crippen LogP contribution in [-0.2, 0) is 0 Å². The summed E-state index contributed by atoms with van der Waals surface area (Å²) in [5.74, 6) is -0.0170. The Morgan fingerprint density at radius 3 is 2.65 bits per heavy atom. The van der Waals surface area contributed by atoms with E-state index in [1.807, 2.05) is 6.07 Å². The van der Waals surface area contributed by atoms with Crippen molar-refractivity contribution in [2.75, 3.05) is 11.1 Å². The quantitative estimate of drug-likeness (QED) is 0.768. The fraction of sp³-hybridized carbons (Fsp3) is 0.583. The molecule has 17 heavy (non-hydrogen) atoms. The molecule has 1 aromatic rings. The Morgan fingerprint density at radius 1 is 1.29 bits per heavy atom. The zero-order valence-corrected chi connectivity index (χ0v) is 10.5. The molecule has 1 amide bonds. The summed E-state index contributed by atoms with van der Waals surface area (Å²) in [7, 11) is 0. The molecule has 2 fully saturated rings. The molecule has 0 saturated heterocycles. The van der Waals surface area contributed by atoms with Crippen LogP contribution in [0.15, 0.2) is 6.07 Å². The molecule has 4 N–H and O–H groups in total. The smallest absolute Gasteiger partial charge is 0.263 e. The Labute approximate surface area is 105 Å². The molecule has 2 aliphatic carbocycles. The van der Waals surface area contributed by atoms with Crippen LogP contribution in [-0.4, -0.2) is 18.0 Å². The Morgan fingerprint density at radius 2 is 2.06 bits per heavy atom. The van der Waals surface area contributed by atoms with E-state index in [9.17, 15) is 4.79 Å². The fourth-order valence-electron chi connectivity index (χ4n) is 1.89. The number of thiophene rings is 1. The lowest BCUT2D eigenvalue weighted by Gasteiger charge is -2.26. The van der Waals surface area contributed by atoms with Crippen molar-refractivity contribution in [2.45, 2.75) is 44.2 Å². The van der Waals surface area contributed by atoms with Crippen LogP contribution in [0.3, 0.4) is 0 Å². The van der Waals surface area contributed by atoms with Gasteiger partial charge in [-0.05, 0) is 38.2 Å². The van der Waals surface area contributed by atoms with Crippen molar-refractivity contribution >= 4 is 27.9 Å². The summed E-state index contributed by atoms with van der Waals surface area (Å²) in [6.45, 7) is 0. The van der Waals surface area contributed by atoms with Gasteiger partial charge >= 0.3 is 0 Å². The number of carbonyl (C=O) groups is 1. The number of hydrogen-bond donors (Lipinski definition) is 3. The van der Waals surface area contributed by atoms with Crippen molar-refractivity contribution < 1.29 is 4.79 Å². The van der Waals surface area contributed by atoms with E-state index in [1.165, 1.54) is 30.6 Å². The van der Waals surface area contributed by atoms with Gasteiger partial charge in [0.15, 0.2) is 0 Å². The Balaban J connectivity index is 1.67. The highest BCUT2D eigenvalue weighted by Gasteiger charge is 2.26. The van der Waals surface area contributed by atoms with Gasteiger partial charge in [0.05, 0.1) is 10.7 Å². The first kappa shape index (κ1) is 10.9. The molecule has 0 aliphatic heterocycles. The highest BCUT2D eigenvalue weighted by molar-refractivity contribution is 7.18. The molecule has 4 nitrogen and oxygen atoms in total. The van der Waals surface area contributed by atoms with Gasteiger partial charge in [0.25, 0.3) is 5.91 Å². The average molecular weight is 251 g/mol. The molecular formula is C12H17N3OS. The minimum Gasteiger partial charge on any atom is -0.397 e. The minimum absolute atomic E-state index is 0.0170. The lowest BCUT2D eigenvalue weighted by atomic mass is 9.93. The zero-order valence-electron chi connectivity index (χ0n) is 9.66. The van der Waals surface area contributed by atoms with Crippen LogP contribution in [0.1, 0.15) is 41.8 Å². The molecule has 0 unspecified atom stereocenters. The molecule has 0 radical (unpaired) electrons. The second kappa shape index (κ2) is 4.22. The van der Waals surface area contributed by atoms with Crippen LogP contribution in [0.25, 0.3) is 0 Å². The van der Waals surface area contributed by atoms with Crippen LogP contribution in [0, 0.1) is 0 Å². The third-order valence-corrected chi connectivity index (χ3v) is 4.41. The maximum atomic E-state index is 11.9. The van der Waals surface area contributed by atoms with E-state index < -0.39 is 0 Å². The standard InChI is InChI=1S/C12H17N3OS/c13-9-6-10(14-7-2-1-3-7)17-11(9)12(16)15-8-4-5-8/h6-8,14H,1-5,13H2,(H,15,16). The van der Waals surface area contributed by atoms with Gasteiger partial charge in [-0.2, -0.15) is 0 Å². The highest BCUT2D eigenvalue weighted by Crippen LogP contribution is 2.33. The monoisotopic (exact) mass is 251 g/mol. The van der Waals surface area contributed by atoms with Crippen LogP contribution in [0.2, 0.25) is 0 Å². The summed E-state index contributed by atoms with van der Waals surface area (Å²) in [4.78, 5) is 12.5. The average Bonchev–Trinajstić information content (AvgIpc) is 2.95. The number of amides is 1. The first-order chi connectivity index (χ1) is 8.22. The molecule has 1 heterocycles. The predicted octanol–water partition coefficient (Wildman–Crippen LogP) is 2.19. The highest BCUT2D eigenvalue weighted by atomic mass is 32.1. The number of hydrogen-bond acceptors (Lipinski definition) is 4. The molecule has 2 aliphatic rings. The number of nitrogens with one attached hydrogen (secondary N) is 2. The first-order valence-electron chi connectivity index (χ1n) is 6.19. The van der Waals surface area contributed by atoms with Gasteiger partial charge < -0.3 is 16.4 Å². The van der Waals surface area contributed by atoms with Gasteiger partial charge in [0.2, 0.25) is 0 Å². The summed E-state index contributed by atoms with van der Waals surface area (Å²) >= 11 is 1.47. The van der Waals surface area contributed by atoms with Crippen molar-refractivity contribution in [3.63, 3.8) is 0 Å². The number of anilines is 2. The molecule has 1 aromatic heterocycles. The number of nitrogens with two attached hydrogens (primary N) is 1. The van der Waals surface area contributed by atoms with Gasteiger partial charge in [0.1, 0.15) is 4.88 Å². The second-order valence-electron chi connectivity index (χ2n) is 4.92. The van der Waals surface area contributed by atoms with Crippen LogP contribution < -0.4 is 16.4 Å². The predicted molar refractivity (Wildman–Crippen MR) is 70.5 cm³/mol. The van der Waals surface area contributed by atoms with E-state index in [-0.39, 0.29) is 5.91 Å². The molecule has 5 heteroatoms. The molecule has 0 atom stereocenters. The largest absolute Gasteiger partial charge is 0.397 e. The van der Waals surface area contributed by atoms with Crippen molar-refractivity contribution in [1.29, 1.82) is 0 Å². The van der Waals surface area contributed by atoms with Crippen molar-refractivity contribution in [2.24, 2.45) is 0 Å². The number of rotatable bonds is 4. The Hall–Kier alpha value is -1.23. The molecular weight excluding hydrogens is 234 g/mol. The van der Waals surface area contributed by atoms with Crippen molar-refractivity contribution in [3.05, 3.63) is 10.9 Å². The van der Waals surface area contributed by atoms with E-state index in [0.29, 0.717) is 22.6 Å². The van der Waals surface area contributed by atoms with E-state index in [4.69, 9.17) is 5.73 Å². The van der Waals surface area contributed by atoms with E-state index in [0.717, 1.165) is 17.8 Å². The third kappa shape index (κ3) is 2.39. The van der Waals surface area contributed by atoms with Crippen molar-refractivity contribution in [1.82, 2.24) is 5.32 Å². The lowest BCUT2D eigenvalue weighted by molar-refractivity contribution is 0.0956. The SMILES string of the molecule is Nc1cc(NC2CCC2)sc1C(=O)NC1CC1. The molecule has 2 saturated carbocycles. The maximum absolute atomic E-state index is 11.9. The van der Waals surface area contributed by atoms with E-state index in [2.05, 4.69) is 10.6 Å². The molecule has 3 rings (SSSR count). The van der Waals surface area contributed by atoms with Gasteiger partial charge in [-0.3, -0.25) is 4.79 Å². The van der Waals surface area contributed by atoms with Crippen LogP contribution in [0.4, 0.5) is 10.7 Å². The maximum Gasteiger partial charge on any atom is 0.263 e. The van der Waals surface area contributed by atoms with Gasteiger partial charge in [0, 0.05) is 12.1 Å². The van der Waals surface area contributed by atoms with Gasteiger partial charge in [-0.1, -0.05) is 0 Å². The molecule has 0 spiro atoms. The summed E-state index contributed by atoms with van der Waals surface area (Å²) in [5.41, 5.74) is 6.48. The lowest BCUT2D eigenvalue weighted by Crippen LogP contribution is -2.26. The van der Waals surface area contributed by atoms with Crippen LogP contribution in [0.5, 0.6) is 0 Å². The summed E-state index contributed by atoms with van der Waals surface area (Å²) < 4.78 is 0. The molecule has 0 bridgehead atoms. The van der Waals surface area contributed by atoms with Crippen LogP contribution >= 0.6 is 11.3 Å². The van der Waals surface area contributed by atoms with Crippen molar-refractivity contribution in [3.8, 4) is 0 Å². The Bertz CT molecular complexity index is 435. The Kier molecular flexibility index (Phi) is 2.70. The first-order valence-corrected chi connectivity index (χ1v) is 7.01. The molecule has 92 valence electrons. The minimum atomic E-state index is -0.0170. The van der Waals surface area contributed by atoms with Gasteiger partial charge in [-0.25, -0.2) is 0 Å². The topological polar surface area (TPSA) is 67.1 Å². The van der Waals surface area contributed by atoms with E-state index in [1.54, 1.807) is 0 Å². The zero-order chi connectivity index (χ0) is 11.8. The number of carbonyl (C=O) groups excluding carboxylic acids is 1. The fourth-order valence-corrected chi connectivity index (χ4v) is 2.85. The van der Waals surface area contributed by atoms with Gasteiger partial charge in [-0.15, -0.1) is 11.3 Å². The molecule has 0 aromatic carbocycles. The summed E-state index contributed by atoms with van der Waals surface area (Å²) in [6.07, 6.45) is 5.95. The normalized spacial score (nSPS) is 19.8. The third-order valence-electron chi connectivity index (χ3n) is 3.33.